The fourth-order valence-corrected chi connectivity index (χ4v) is 1.80. The molecule has 2 unspecified atom stereocenters. The molecule has 10 heavy (non-hydrogen) atoms. The van der Waals surface area contributed by atoms with Crippen LogP contribution in [0.5, 0.6) is 0 Å². The molecule has 0 amide bonds. The molecule has 0 saturated heterocycles. The molecule has 2 atom stereocenters. The van der Waals surface area contributed by atoms with Crippen LogP contribution in [0.15, 0.2) is 0 Å². The number of alkyl halides is 3. The van der Waals surface area contributed by atoms with Gasteiger partial charge in [0.2, 0.25) is 0 Å². The summed E-state index contributed by atoms with van der Waals surface area (Å²) in [4.78, 5) is -0.124. The van der Waals surface area contributed by atoms with Gasteiger partial charge in [0, 0.05) is 4.83 Å². The molecule has 4 heteroatoms. The van der Waals surface area contributed by atoms with E-state index in [0.29, 0.717) is 0 Å². The van der Waals surface area contributed by atoms with E-state index in [1.54, 1.807) is 0 Å². The minimum absolute atomic E-state index is 0.124. The number of aliphatic hydroxyl groups excluding tert-OH is 1. The van der Waals surface area contributed by atoms with Crippen LogP contribution in [0.2, 0.25) is 0 Å². The maximum absolute atomic E-state index is 12.6. The van der Waals surface area contributed by atoms with Crippen molar-refractivity contribution in [2.45, 2.75) is 36.1 Å². The zero-order valence-electron chi connectivity index (χ0n) is 5.30. The summed E-state index contributed by atoms with van der Waals surface area (Å²) in [6.45, 7) is 0. The van der Waals surface area contributed by atoms with E-state index in [-0.39, 0.29) is 17.7 Å². The molecule has 1 aliphatic rings. The Bertz CT molecular complexity index is 110. The smallest absolute Gasteiger partial charge is 0.130 e. The molecular formula is C6H9BrF2O. The Balaban J connectivity index is 2.49. The molecular weight excluding hydrogens is 206 g/mol. The van der Waals surface area contributed by atoms with Crippen LogP contribution in [0.1, 0.15) is 12.8 Å². The van der Waals surface area contributed by atoms with Crippen molar-refractivity contribution in [2.24, 2.45) is 0 Å². The first kappa shape index (κ1) is 8.40. The van der Waals surface area contributed by atoms with E-state index in [1.807, 2.05) is 0 Å². The highest BCUT2D eigenvalue weighted by molar-refractivity contribution is 9.09. The molecule has 1 fully saturated rings. The second-order valence-corrected chi connectivity index (χ2v) is 3.89. The van der Waals surface area contributed by atoms with Crippen LogP contribution in [-0.4, -0.2) is 28.4 Å². The van der Waals surface area contributed by atoms with E-state index in [2.05, 4.69) is 15.9 Å². The quantitative estimate of drug-likeness (QED) is 0.608. The summed E-state index contributed by atoms with van der Waals surface area (Å²) in [5.41, 5.74) is 0. The molecule has 0 radical (unpaired) electrons. The van der Waals surface area contributed by atoms with Gasteiger partial charge in [0.1, 0.15) is 18.4 Å². The molecule has 0 bridgehead atoms. The lowest BCUT2D eigenvalue weighted by Crippen LogP contribution is -2.40. The SMILES string of the molecule is OC1C(F)CC(Br)CC1F. The van der Waals surface area contributed by atoms with Gasteiger partial charge in [0.15, 0.2) is 0 Å². The van der Waals surface area contributed by atoms with Crippen molar-refractivity contribution >= 4 is 15.9 Å². The van der Waals surface area contributed by atoms with Crippen LogP contribution in [0.3, 0.4) is 0 Å². The number of halogens is 3. The van der Waals surface area contributed by atoms with E-state index in [0.717, 1.165) is 0 Å². The number of rotatable bonds is 0. The maximum Gasteiger partial charge on any atom is 0.130 e. The minimum Gasteiger partial charge on any atom is -0.387 e. The molecule has 60 valence electrons. The first-order valence-corrected chi connectivity index (χ1v) is 4.13. The van der Waals surface area contributed by atoms with Crippen LogP contribution in [0.25, 0.3) is 0 Å². The zero-order chi connectivity index (χ0) is 7.72. The molecule has 1 N–H and O–H groups in total. The van der Waals surface area contributed by atoms with Crippen LogP contribution in [0.4, 0.5) is 8.78 Å². The van der Waals surface area contributed by atoms with Crippen molar-refractivity contribution in [1.29, 1.82) is 0 Å². The van der Waals surface area contributed by atoms with Crippen LogP contribution < -0.4 is 0 Å². The molecule has 1 rings (SSSR count). The topological polar surface area (TPSA) is 20.2 Å². The normalized spacial score (nSPS) is 49.2. The summed E-state index contributed by atoms with van der Waals surface area (Å²) in [6.07, 6.45) is -3.81. The molecule has 0 aromatic heterocycles. The molecule has 0 heterocycles. The standard InChI is InChI=1S/C6H9BrF2O/c7-3-1-4(8)6(10)5(9)2-3/h3-6,10H,1-2H2. The van der Waals surface area contributed by atoms with Crippen molar-refractivity contribution < 1.29 is 13.9 Å². The Kier molecular flexibility index (Phi) is 2.63. The third kappa shape index (κ3) is 1.66. The first-order chi connectivity index (χ1) is 4.61. The fourth-order valence-electron chi connectivity index (χ4n) is 1.09. The third-order valence-corrected chi connectivity index (χ3v) is 2.45. The Morgan fingerprint density at radius 3 is 2.00 bits per heavy atom. The van der Waals surface area contributed by atoms with Crippen molar-refractivity contribution in [3.63, 3.8) is 0 Å². The third-order valence-electron chi connectivity index (χ3n) is 1.70. The Morgan fingerprint density at radius 2 is 1.60 bits per heavy atom. The zero-order valence-corrected chi connectivity index (χ0v) is 6.89. The van der Waals surface area contributed by atoms with Gasteiger partial charge in [0.25, 0.3) is 0 Å². The lowest BCUT2D eigenvalue weighted by molar-refractivity contribution is -0.0141. The second kappa shape index (κ2) is 3.13. The van der Waals surface area contributed by atoms with Gasteiger partial charge in [-0.25, -0.2) is 8.78 Å². The molecule has 0 spiro atoms. The monoisotopic (exact) mass is 214 g/mol. The number of aliphatic hydroxyl groups is 1. The predicted octanol–water partition coefficient (Wildman–Crippen LogP) is 1.58. The summed E-state index contributed by atoms with van der Waals surface area (Å²) in [5.74, 6) is 0. The highest BCUT2D eigenvalue weighted by Crippen LogP contribution is 2.28. The van der Waals surface area contributed by atoms with Crippen molar-refractivity contribution in [3.05, 3.63) is 0 Å². The summed E-state index contributed by atoms with van der Waals surface area (Å²) in [7, 11) is 0. The Morgan fingerprint density at radius 1 is 1.20 bits per heavy atom. The fraction of sp³-hybridized carbons (Fsp3) is 1.00. The van der Waals surface area contributed by atoms with E-state index in [1.165, 1.54) is 0 Å². The highest BCUT2D eigenvalue weighted by atomic mass is 79.9. The van der Waals surface area contributed by atoms with Crippen LogP contribution >= 0.6 is 15.9 Å². The first-order valence-electron chi connectivity index (χ1n) is 3.21. The lowest BCUT2D eigenvalue weighted by atomic mass is 9.94. The molecule has 0 aromatic rings. The van der Waals surface area contributed by atoms with Gasteiger partial charge >= 0.3 is 0 Å². The second-order valence-electron chi connectivity index (χ2n) is 2.59. The van der Waals surface area contributed by atoms with Gasteiger partial charge in [-0.2, -0.15) is 0 Å². The minimum atomic E-state index is -1.41. The average Bonchev–Trinajstić information content (AvgIpc) is 1.82. The summed E-state index contributed by atoms with van der Waals surface area (Å²) >= 11 is 3.11. The maximum atomic E-state index is 12.6. The van der Waals surface area contributed by atoms with Crippen molar-refractivity contribution in [2.75, 3.05) is 0 Å². The van der Waals surface area contributed by atoms with Gasteiger partial charge in [-0.3, -0.25) is 0 Å². The lowest BCUT2D eigenvalue weighted by Gasteiger charge is -2.28. The van der Waals surface area contributed by atoms with Gasteiger partial charge in [-0.1, -0.05) is 15.9 Å². The molecule has 1 aliphatic carbocycles. The summed E-state index contributed by atoms with van der Waals surface area (Å²) in [6, 6.07) is 0. The number of hydrogen-bond acceptors (Lipinski definition) is 1. The average molecular weight is 215 g/mol. The van der Waals surface area contributed by atoms with Crippen LogP contribution in [-0.2, 0) is 0 Å². The van der Waals surface area contributed by atoms with Gasteiger partial charge in [-0.05, 0) is 12.8 Å². The Hall–Kier alpha value is 0.300. The molecule has 0 aromatic carbocycles. The summed E-state index contributed by atoms with van der Waals surface area (Å²) < 4.78 is 25.1. The van der Waals surface area contributed by atoms with Crippen molar-refractivity contribution in [3.8, 4) is 0 Å². The Labute approximate surface area is 66.6 Å². The molecule has 1 saturated carbocycles. The van der Waals surface area contributed by atoms with E-state index < -0.39 is 18.4 Å². The molecule has 1 nitrogen and oxygen atoms in total. The predicted molar refractivity (Wildman–Crippen MR) is 37.7 cm³/mol. The van der Waals surface area contributed by atoms with Gasteiger partial charge in [-0.15, -0.1) is 0 Å². The summed E-state index contributed by atoms with van der Waals surface area (Å²) in [5, 5.41) is 8.79. The van der Waals surface area contributed by atoms with E-state index >= 15 is 0 Å². The number of hydrogen-bond donors (Lipinski definition) is 1. The van der Waals surface area contributed by atoms with Gasteiger partial charge < -0.3 is 5.11 Å². The highest BCUT2D eigenvalue weighted by Gasteiger charge is 2.35. The van der Waals surface area contributed by atoms with E-state index in [4.69, 9.17) is 5.11 Å². The van der Waals surface area contributed by atoms with E-state index in [9.17, 15) is 8.78 Å². The van der Waals surface area contributed by atoms with Gasteiger partial charge in [0.05, 0.1) is 0 Å². The van der Waals surface area contributed by atoms with Crippen LogP contribution in [0, 0.1) is 0 Å². The molecule has 0 aliphatic heterocycles. The largest absolute Gasteiger partial charge is 0.387 e. The van der Waals surface area contributed by atoms with Crippen molar-refractivity contribution in [1.82, 2.24) is 0 Å².